The zero-order valence-electron chi connectivity index (χ0n) is 11.4. The Bertz CT molecular complexity index is 572. The number of hydrogen-bond donors (Lipinski definition) is 1. The standard InChI is InChI=1S/C16H18ClNO2/c1-19-15-7-6-12(8-9-18)10-13(15)11-20-16-5-3-2-4-14(16)17/h2-7,10H,8-9,11,18H2,1H3. The van der Waals surface area contributed by atoms with Crippen LogP contribution in [0.15, 0.2) is 42.5 Å². The predicted octanol–water partition coefficient (Wildman–Crippen LogP) is 3.43. The van der Waals surface area contributed by atoms with Crippen molar-refractivity contribution >= 4 is 11.6 Å². The quantitative estimate of drug-likeness (QED) is 0.887. The minimum absolute atomic E-state index is 0.408. The number of halogens is 1. The van der Waals surface area contributed by atoms with Crippen molar-refractivity contribution in [3.05, 3.63) is 58.6 Å². The summed E-state index contributed by atoms with van der Waals surface area (Å²) in [7, 11) is 1.65. The van der Waals surface area contributed by atoms with Gasteiger partial charge in [0, 0.05) is 5.56 Å². The molecule has 2 rings (SSSR count). The van der Waals surface area contributed by atoms with E-state index in [1.54, 1.807) is 13.2 Å². The molecular formula is C16H18ClNO2. The molecule has 0 heterocycles. The minimum atomic E-state index is 0.408. The maximum Gasteiger partial charge on any atom is 0.138 e. The van der Waals surface area contributed by atoms with E-state index < -0.39 is 0 Å². The molecule has 0 aliphatic rings. The number of nitrogens with two attached hydrogens (primary N) is 1. The van der Waals surface area contributed by atoms with Gasteiger partial charge >= 0.3 is 0 Å². The maximum absolute atomic E-state index is 6.07. The van der Waals surface area contributed by atoms with Gasteiger partial charge in [-0.15, -0.1) is 0 Å². The smallest absolute Gasteiger partial charge is 0.138 e. The average Bonchev–Trinajstić information content (AvgIpc) is 2.47. The van der Waals surface area contributed by atoms with E-state index in [-0.39, 0.29) is 0 Å². The number of hydrogen-bond acceptors (Lipinski definition) is 3. The van der Waals surface area contributed by atoms with Gasteiger partial charge in [0.05, 0.1) is 12.1 Å². The number of rotatable bonds is 6. The Kier molecular flexibility index (Phi) is 5.27. The summed E-state index contributed by atoms with van der Waals surface area (Å²) in [4.78, 5) is 0. The Morgan fingerprint density at radius 2 is 1.90 bits per heavy atom. The highest BCUT2D eigenvalue weighted by Crippen LogP contribution is 2.26. The summed E-state index contributed by atoms with van der Waals surface area (Å²) in [6.07, 6.45) is 0.836. The summed E-state index contributed by atoms with van der Waals surface area (Å²) in [5, 5.41) is 0.601. The van der Waals surface area contributed by atoms with Crippen molar-refractivity contribution in [2.24, 2.45) is 5.73 Å². The van der Waals surface area contributed by atoms with Gasteiger partial charge in [0.1, 0.15) is 18.1 Å². The van der Waals surface area contributed by atoms with Gasteiger partial charge in [0.15, 0.2) is 0 Å². The van der Waals surface area contributed by atoms with Gasteiger partial charge in [-0.2, -0.15) is 0 Å². The van der Waals surface area contributed by atoms with Crippen molar-refractivity contribution in [1.29, 1.82) is 0 Å². The Labute approximate surface area is 124 Å². The van der Waals surface area contributed by atoms with E-state index in [4.69, 9.17) is 26.8 Å². The van der Waals surface area contributed by atoms with Crippen LogP contribution in [0.5, 0.6) is 11.5 Å². The Balaban J connectivity index is 2.15. The highest BCUT2D eigenvalue weighted by molar-refractivity contribution is 6.32. The average molecular weight is 292 g/mol. The van der Waals surface area contributed by atoms with Crippen LogP contribution >= 0.6 is 11.6 Å². The fourth-order valence-corrected chi connectivity index (χ4v) is 2.17. The molecule has 0 saturated carbocycles. The van der Waals surface area contributed by atoms with Crippen LogP contribution in [0.25, 0.3) is 0 Å². The zero-order chi connectivity index (χ0) is 14.4. The molecule has 106 valence electrons. The molecule has 20 heavy (non-hydrogen) atoms. The second-order valence-corrected chi connectivity index (χ2v) is 4.81. The molecule has 0 radical (unpaired) electrons. The maximum atomic E-state index is 6.07. The topological polar surface area (TPSA) is 44.5 Å². The minimum Gasteiger partial charge on any atom is -0.496 e. The molecule has 0 aliphatic carbocycles. The first kappa shape index (κ1) is 14.7. The third-order valence-corrected chi connectivity index (χ3v) is 3.31. The van der Waals surface area contributed by atoms with Gasteiger partial charge in [-0.1, -0.05) is 29.8 Å². The lowest BCUT2D eigenvalue weighted by atomic mass is 10.1. The van der Waals surface area contributed by atoms with Crippen LogP contribution < -0.4 is 15.2 Å². The lowest BCUT2D eigenvalue weighted by molar-refractivity contribution is 0.296. The third kappa shape index (κ3) is 3.65. The first-order valence-electron chi connectivity index (χ1n) is 6.47. The monoisotopic (exact) mass is 291 g/mol. The van der Waals surface area contributed by atoms with E-state index in [0.29, 0.717) is 23.9 Å². The van der Waals surface area contributed by atoms with Crippen LogP contribution in [0.4, 0.5) is 0 Å². The molecule has 0 fully saturated rings. The van der Waals surface area contributed by atoms with Crippen molar-refractivity contribution in [2.75, 3.05) is 13.7 Å². The molecule has 4 heteroatoms. The number of para-hydroxylation sites is 1. The highest BCUT2D eigenvalue weighted by atomic mass is 35.5. The number of methoxy groups -OCH3 is 1. The summed E-state index contributed by atoms with van der Waals surface area (Å²) in [6.45, 7) is 1.03. The summed E-state index contributed by atoms with van der Waals surface area (Å²) < 4.78 is 11.1. The van der Waals surface area contributed by atoms with E-state index in [1.165, 1.54) is 5.56 Å². The lowest BCUT2D eigenvalue weighted by Crippen LogP contribution is -2.05. The molecule has 0 atom stereocenters. The number of ether oxygens (including phenoxy) is 2. The van der Waals surface area contributed by atoms with E-state index in [0.717, 1.165) is 17.7 Å². The third-order valence-electron chi connectivity index (χ3n) is 3.00. The molecular weight excluding hydrogens is 274 g/mol. The molecule has 2 aromatic rings. The van der Waals surface area contributed by atoms with Crippen molar-refractivity contribution in [2.45, 2.75) is 13.0 Å². The molecule has 3 nitrogen and oxygen atoms in total. The molecule has 0 aromatic heterocycles. The molecule has 0 unspecified atom stereocenters. The van der Waals surface area contributed by atoms with Crippen LogP contribution in [0, 0.1) is 0 Å². The van der Waals surface area contributed by atoms with Crippen LogP contribution in [-0.2, 0) is 13.0 Å². The van der Waals surface area contributed by atoms with Gasteiger partial charge in [0.25, 0.3) is 0 Å². The molecule has 2 aromatic carbocycles. The van der Waals surface area contributed by atoms with Gasteiger partial charge in [-0.05, 0) is 42.8 Å². The SMILES string of the molecule is COc1ccc(CCN)cc1COc1ccccc1Cl. The fraction of sp³-hybridized carbons (Fsp3) is 0.250. The van der Waals surface area contributed by atoms with Crippen molar-refractivity contribution in [3.8, 4) is 11.5 Å². The van der Waals surface area contributed by atoms with Crippen LogP contribution in [0.3, 0.4) is 0 Å². The van der Waals surface area contributed by atoms with Gasteiger partial charge < -0.3 is 15.2 Å². The second-order valence-electron chi connectivity index (χ2n) is 4.40. The summed E-state index contributed by atoms with van der Waals surface area (Å²) in [5.74, 6) is 1.47. The van der Waals surface area contributed by atoms with E-state index in [1.807, 2.05) is 30.3 Å². The zero-order valence-corrected chi connectivity index (χ0v) is 12.2. The van der Waals surface area contributed by atoms with Crippen molar-refractivity contribution in [3.63, 3.8) is 0 Å². The molecule has 0 bridgehead atoms. The van der Waals surface area contributed by atoms with E-state index >= 15 is 0 Å². The molecule has 0 saturated heterocycles. The van der Waals surface area contributed by atoms with E-state index in [2.05, 4.69) is 6.07 Å². The number of benzene rings is 2. The van der Waals surface area contributed by atoms with Gasteiger partial charge in [-0.3, -0.25) is 0 Å². The summed E-state index contributed by atoms with van der Waals surface area (Å²) >= 11 is 6.07. The summed E-state index contributed by atoms with van der Waals surface area (Å²) in [6, 6.07) is 13.4. The fourth-order valence-electron chi connectivity index (χ4n) is 1.98. The molecule has 0 amide bonds. The molecule has 2 N–H and O–H groups in total. The normalized spacial score (nSPS) is 10.3. The molecule has 0 spiro atoms. The first-order valence-corrected chi connectivity index (χ1v) is 6.85. The van der Waals surface area contributed by atoms with E-state index in [9.17, 15) is 0 Å². The molecule has 0 aliphatic heterocycles. The van der Waals surface area contributed by atoms with Crippen LogP contribution in [0.2, 0.25) is 5.02 Å². The first-order chi connectivity index (χ1) is 9.74. The second kappa shape index (κ2) is 7.17. The van der Waals surface area contributed by atoms with Crippen molar-refractivity contribution < 1.29 is 9.47 Å². The Morgan fingerprint density at radius 1 is 1.10 bits per heavy atom. The summed E-state index contributed by atoms with van der Waals surface area (Å²) in [5.41, 5.74) is 7.74. The largest absolute Gasteiger partial charge is 0.496 e. The Hall–Kier alpha value is -1.71. The van der Waals surface area contributed by atoms with Crippen molar-refractivity contribution in [1.82, 2.24) is 0 Å². The van der Waals surface area contributed by atoms with Crippen LogP contribution in [-0.4, -0.2) is 13.7 Å². The van der Waals surface area contributed by atoms with Crippen LogP contribution in [0.1, 0.15) is 11.1 Å². The van der Waals surface area contributed by atoms with Gasteiger partial charge in [0.2, 0.25) is 0 Å². The lowest BCUT2D eigenvalue weighted by Gasteiger charge is -2.12. The Morgan fingerprint density at radius 3 is 2.60 bits per heavy atom. The predicted molar refractivity (Wildman–Crippen MR) is 81.5 cm³/mol. The van der Waals surface area contributed by atoms with Gasteiger partial charge in [-0.25, -0.2) is 0 Å². The highest BCUT2D eigenvalue weighted by Gasteiger charge is 2.07.